The third-order valence-corrected chi connectivity index (χ3v) is 2.98. The summed E-state index contributed by atoms with van der Waals surface area (Å²) in [6.45, 7) is 0. The van der Waals surface area contributed by atoms with Crippen LogP contribution >= 0.6 is 0 Å². The van der Waals surface area contributed by atoms with E-state index in [-0.39, 0.29) is 11.9 Å². The van der Waals surface area contributed by atoms with E-state index in [2.05, 4.69) is 11.4 Å². The van der Waals surface area contributed by atoms with Crippen LogP contribution in [0.15, 0.2) is 18.2 Å². The van der Waals surface area contributed by atoms with Crippen molar-refractivity contribution in [3.8, 4) is 6.07 Å². The molecule has 1 aliphatic heterocycles. The molecule has 4 heteroatoms. The predicted octanol–water partition coefficient (Wildman–Crippen LogP) is 1.70. The molecule has 1 atom stereocenters. The lowest BCUT2D eigenvalue weighted by atomic mass is 9.97. The molecule has 1 aromatic carbocycles. The molecule has 17 heavy (non-hydrogen) atoms. The highest BCUT2D eigenvalue weighted by molar-refractivity contribution is 5.93. The van der Waals surface area contributed by atoms with Gasteiger partial charge in [-0.1, -0.05) is 12.1 Å². The highest BCUT2D eigenvalue weighted by Gasteiger charge is 2.18. The Morgan fingerprint density at radius 2 is 2.18 bits per heavy atom. The van der Waals surface area contributed by atoms with E-state index in [4.69, 9.17) is 5.26 Å². The molecule has 0 aliphatic carbocycles. The minimum absolute atomic E-state index is 0.0645. The monoisotopic (exact) mass is 229 g/mol. The predicted molar refractivity (Wildman–Crippen MR) is 65.4 cm³/mol. The van der Waals surface area contributed by atoms with E-state index in [1.54, 1.807) is 0 Å². The molecule has 0 fully saturated rings. The molecule has 1 unspecified atom stereocenters. The van der Waals surface area contributed by atoms with E-state index in [0.717, 1.165) is 23.2 Å². The second kappa shape index (κ2) is 4.56. The molecule has 1 heterocycles. The molecule has 0 aromatic heterocycles. The summed E-state index contributed by atoms with van der Waals surface area (Å²) < 4.78 is 0. The van der Waals surface area contributed by atoms with E-state index in [1.165, 1.54) is 0 Å². The number of carbonyl (C=O) groups excluding carboxylic acids is 1. The SMILES string of the molecule is CN(C)C(C#N)c1ccc2c(c1)CCC(=O)N2. The maximum Gasteiger partial charge on any atom is 0.224 e. The van der Waals surface area contributed by atoms with Gasteiger partial charge in [0.15, 0.2) is 0 Å². The summed E-state index contributed by atoms with van der Waals surface area (Å²) in [6, 6.07) is 7.84. The lowest BCUT2D eigenvalue weighted by Crippen LogP contribution is -2.21. The van der Waals surface area contributed by atoms with Crippen LogP contribution in [0.1, 0.15) is 23.6 Å². The van der Waals surface area contributed by atoms with Crippen molar-refractivity contribution in [3.05, 3.63) is 29.3 Å². The summed E-state index contributed by atoms with van der Waals surface area (Å²) >= 11 is 0. The fourth-order valence-electron chi connectivity index (χ4n) is 2.06. The number of carbonyl (C=O) groups is 1. The topological polar surface area (TPSA) is 56.1 Å². The Balaban J connectivity index is 2.34. The minimum Gasteiger partial charge on any atom is -0.326 e. The highest BCUT2D eigenvalue weighted by Crippen LogP contribution is 2.27. The summed E-state index contributed by atoms with van der Waals surface area (Å²) in [5, 5.41) is 12.0. The lowest BCUT2D eigenvalue weighted by Gasteiger charge is -2.21. The van der Waals surface area contributed by atoms with Crippen molar-refractivity contribution in [2.45, 2.75) is 18.9 Å². The third kappa shape index (κ3) is 2.29. The number of aryl methyl sites for hydroxylation is 1. The van der Waals surface area contributed by atoms with E-state index in [1.807, 2.05) is 37.2 Å². The Hall–Kier alpha value is -1.86. The fraction of sp³-hybridized carbons (Fsp3) is 0.385. The molecule has 1 N–H and O–H groups in total. The second-order valence-corrected chi connectivity index (χ2v) is 4.46. The van der Waals surface area contributed by atoms with Gasteiger partial charge in [-0.3, -0.25) is 9.69 Å². The average Bonchev–Trinajstić information content (AvgIpc) is 2.29. The van der Waals surface area contributed by atoms with Gasteiger partial charge in [-0.15, -0.1) is 0 Å². The molecule has 1 aromatic rings. The van der Waals surface area contributed by atoms with E-state index in [0.29, 0.717) is 6.42 Å². The van der Waals surface area contributed by atoms with Crippen LogP contribution in [0.2, 0.25) is 0 Å². The van der Waals surface area contributed by atoms with Gasteiger partial charge in [-0.05, 0) is 37.7 Å². The minimum atomic E-state index is -0.238. The first-order chi connectivity index (χ1) is 8.11. The van der Waals surface area contributed by atoms with Crippen molar-refractivity contribution < 1.29 is 4.79 Å². The quantitative estimate of drug-likeness (QED) is 0.839. The van der Waals surface area contributed by atoms with Gasteiger partial charge in [0.2, 0.25) is 5.91 Å². The van der Waals surface area contributed by atoms with Crippen LogP contribution < -0.4 is 5.32 Å². The van der Waals surface area contributed by atoms with Gasteiger partial charge in [0.25, 0.3) is 0 Å². The van der Waals surface area contributed by atoms with Crippen LogP contribution in [0.5, 0.6) is 0 Å². The van der Waals surface area contributed by atoms with Crippen molar-refractivity contribution in [3.63, 3.8) is 0 Å². The summed E-state index contributed by atoms with van der Waals surface area (Å²) in [4.78, 5) is 13.1. The van der Waals surface area contributed by atoms with E-state index in [9.17, 15) is 4.79 Å². The molecule has 1 amide bonds. The first kappa shape index (κ1) is 11.6. The first-order valence-electron chi connectivity index (χ1n) is 5.60. The number of nitriles is 1. The molecule has 0 radical (unpaired) electrons. The van der Waals surface area contributed by atoms with Crippen molar-refractivity contribution in [1.29, 1.82) is 5.26 Å². The summed E-state index contributed by atoms with van der Waals surface area (Å²) in [7, 11) is 3.77. The van der Waals surface area contributed by atoms with E-state index >= 15 is 0 Å². The lowest BCUT2D eigenvalue weighted by molar-refractivity contribution is -0.116. The number of anilines is 1. The van der Waals surface area contributed by atoms with E-state index < -0.39 is 0 Å². The standard InChI is InChI=1S/C13H15N3O/c1-16(2)12(8-14)10-3-5-11-9(7-10)4-6-13(17)15-11/h3,5,7,12H,4,6H2,1-2H3,(H,15,17). The average molecular weight is 229 g/mol. The molecular weight excluding hydrogens is 214 g/mol. The second-order valence-electron chi connectivity index (χ2n) is 4.46. The van der Waals surface area contributed by atoms with Crippen molar-refractivity contribution in [2.24, 2.45) is 0 Å². The Morgan fingerprint density at radius 1 is 1.41 bits per heavy atom. The molecule has 0 saturated heterocycles. The zero-order valence-electron chi connectivity index (χ0n) is 10.0. The number of hydrogen-bond acceptors (Lipinski definition) is 3. The maximum atomic E-state index is 11.2. The molecule has 0 bridgehead atoms. The number of amides is 1. The summed E-state index contributed by atoms with van der Waals surface area (Å²) in [5.74, 6) is 0.0645. The Labute approximate surface area is 101 Å². The van der Waals surface area contributed by atoms with Gasteiger partial charge in [0.05, 0.1) is 6.07 Å². The molecule has 0 spiro atoms. The third-order valence-electron chi connectivity index (χ3n) is 2.98. The Kier molecular flexibility index (Phi) is 3.12. The number of nitrogens with zero attached hydrogens (tertiary/aromatic N) is 2. The molecule has 0 saturated carbocycles. The van der Waals surface area contributed by atoms with Crippen molar-refractivity contribution in [1.82, 2.24) is 4.90 Å². The Bertz CT molecular complexity index is 488. The maximum absolute atomic E-state index is 11.2. The van der Waals surface area contributed by atoms with Crippen molar-refractivity contribution >= 4 is 11.6 Å². The number of hydrogen-bond donors (Lipinski definition) is 1. The van der Waals surface area contributed by atoms with Crippen molar-refractivity contribution in [2.75, 3.05) is 19.4 Å². The molecular formula is C13H15N3O. The molecule has 4 nitrogen and oxygen atoms in total. The normalized spacial score (nSPS) is 16.0. The number of nitrogens with one attached hydrogen (secondary N) is 1. The molecule has 1 aliphatic rings. The largest absolute Gasteiger partial charge is 0.326 e. The van der Waals surface area contributed by atoms with Crippen LogP contribution in [0.25, 0.3) is 0 Å². The molecule has 2 rings (SSSR count). The van der Waals surface area contributed by atoms with Crippen LogP contribution in [0.3, 0.4) is 0 Å². The number of rotatable bonds is 2. The number of fused-ring (bicyclic) bond motifs is 1. The van der Waals surface area contributed by atoms with Gasteiger partial charge in [0.1, 0.15) is 6.04 Å². The van der Waals surface area contributed by atoms with Gasteiger partial charge >= 0.3 is 0 Å². The fourth-order valence-corrected chi connectivity index (χ4v) is 2.06. The zero-order valence-corrected chi connectivity index (χ0v) is 10.0. The zero-order chi connectivity index (χ0) is 12.4. The van der Waals surface area contributed by atoms with Gasteiger partial charge in [0, 0.05) is 12.1 Å². The smallest absolute Gasteiger partial charge is 0.224 e. The Morgan fingerprint density at radius 3 is 2.82 bits per heavy atom. The first-order valence-corrected chi connectivity index (χ1v) is 5.60. The van der Waals surface area contributed by atoms with Crippen LogP contribution in [-0.4, -0.2) is 24.9 Å². The highest BCUT2D eigenvalue weighted by atomic mass is 16.1. The molecule has 88 valence electrons. The van der Waals surface area contributed by atoms with Crippen LogP contribution in [0.4, 0.5) is 5.69 Å². The summed E-state index contributed by atoms with van der Waals surface area (Å²) in [6.07, 6.45) is 1.27. The number of benzene rings is 1. The van der Waals surface area contributed by atoms with Crippen LogP contribution in [0, 0.1) is 11.3 Å². The van der Waals surface area contributed by atoms with Gasteiger partial charge in [-0.2, -0.15) is 5.26 Å². The van der Waals surface area contributed by atoms with Gasteiger partial charge in [-0.25, -0.2) is 0 Å². The summed E-state index contributed by atoms with van der Waals surface area (Å²) in [5.41, 5.74) is 2.97. The van der Waals surface area contributed by atoms with Gasteiger partial charge < -0.3 is 5.32 Å². The van der Waals surface area contributed by atoms with Crippen LogP contribution in [-0.2, 0) is 11.2 Å².